The van der Waals surface area contributed by atoms with Crippen LogP contribution in [0.5, 0.6) is 11.5 Å². The topological polar surface area (TPSA) is 57.7 Å². The molecule has 0 radical (unpaired) electrons. The van der Waals surface area contributed by atoms with Crippen LogP contribution in [0.4, 0.5) is 0 Å². The van der Waals surface area contributed by atoms with Crippen molar-refractivity contribution in [1.29, 1.82) is 0 Å². The number of methoxy groups -OCH3 is 3. The first-order chi connectivity index (χ1) is 9.17. The molecule has 1 aromatic heterocycles. The highest BCUT2D eigenvalue weighted by Gasteiger charge is 2.13. The Hall–Kier alpha value is -2.08. The molecule has 0 N–H and O–H groups in total. The summed E-state index contributed by atoms with van der Waals surface area (Å²) in [5, 5.41) is 0.706. The lowest BCUT2D eigenvalue weighted by Gasteiger charge is -2.06. The molecule has 6 heteroatoms. The van der Waals surface area contributed by atoms with Crippen LogP contribution in [0.1, 0.15) is 9.67 Å². The average Bonchev–Trinajstić information content (AvgIpc) is 2.95. The van der Waals surface area contributed by atoms with E-state index in [9.17, 15) is 4.79 Å². The lowest BCUT2D eigenvalue weighted by molar-refractivity contribution is 0.0606. The van der Waals surface area contributed by atoms with E-state index >= 15 is 0 Å². The number of rotatable bonds is 4. The van der Waals surface area contributed by atoms with Crippen molar-refractivity contribution in [3.05, 3.63) is 29.3 Å². The molecule has 2 aromatic rings. The quantitative estimate of drug-likeness (QED) is 0.805. The van der Waals surface area contributed by atoms with E-state index in [2.05, 4.69) is 9.72 Å². The number of ether oxygens (including phenoxy) is 3. The maximum Gasteiger partial charge on any atom is 0.349 e. The molecule has 0 bridgehead atoms. The van der Waals surface area contributed by atoms with Crippen LogP contribution in [0.25, 0.3) is 10.6 Å². The van der Waals surface area contributed by atoms with E-state index in [0.717, 1.165) is 5.56 Å². The number of esters is 1. The van der Waals surface area contributed by atoms with E-state index in [0.29, 0.717) is 21.4 Å². The van der Waals surface area contributed by atoms with Gasteiger partial charge in [-0.15, -0.1) is 11.3 Å². The molecule has 100 valence electrons. The van der Waals surface area contributed by atoms with Gasteiger partial charge in [0.05, 0.1) is 27.5 Å². The fourth-order valence-electron chi connectivity index (χ4n) is 1.53. The number of hydrogen-bond donors (Lipinski definition) is 0. The lowest BCUT2D eigenvalue weighted by atomic mass is 10.2. The Morgan fingerprint density at radius 2 is 1.74 bits per heavy atom. The van der Waals surface area contributed by atoms with Gasteiger partial charge in [-0.25, -0.2) is 9.78 Å². The van der Waals surface area contributed by atoms with Gasteiger partial charge in [-0.1, -0.05) is 0 Å². The highest BCUT2D eigenvalue weighted by molar-refractivity contribution is 7.16. The van der Waals surface area contributed by atoms with Gasteiger partial charge in [-0.3, -0.25) is 0 Å². The van der Waals surface area contributed by atoms with Crippen molar-refractivity contribution in [2.45, 2.75) is 0 Å². The van der Waals surface area contributed by atoms with E-state index in [1.807, 2.05) is 12.1 Å². The zero-order valence-corrected chi connectivity index (χ0v) is 11.6. The molecular weight excluding hydrogens is 266 g/mol. The summed E-state index contributed by atoms with van der Waals surface area (Å²) in [5.41, 5.74) is 0.830. The highest BCUT2D eigenvalue weighted by Crippen LogP contribution is 2.32. The van der Waals surface area contributed by atoms with Crippen molar-refractivity contribution in [1.82, 2.24) is 4.98 Å². The third-order valence-electron chi connectivity index (χ3n) is 2.49. The first-order valence-corrected chi connectivity index (χ1v) is 6.27. The minimum Gasteiger partial charge on any atom is -0.497 e. The SMILES string of the molecule is COC(=O)c1cnc(-c2cc(OC)cc(OC)c2)s1. The summed E-state index contributed by atoms with van der Waals surface area (Å²) >= 11 is 1.26. The van der Waals surface area contributed by atoms with Gasteiger partial charge in [0.2, 0.25) is 0 Å². The second-order valence-electron chi connectivity index (χ2n) is 3.62. The van der Waals surface area contributed by atoms with Crippen molar-refractivity contribution in [2.24, 2.45) is 0 Å². The Kier molecular flexibility index (Phi) is 4.01. The molecule has 5 nitrogen and oxygen atoms in total. The van der Waals surface area contributed by atoms with Crippen LogP contribution in [0, 0.1) is 0 Å². The molecule has 0 saturated carbocycles. The molecular formula is C13H13NO4S. The van der Waals surface area contributed by atoms with Crippen LogP contribution in [0.2, 0.25) is 0 Å². The lowest BCUT2D eigenvalue weighted by Crippen LogP contribution is -1.96. The fourth-order valence-corrected chi connectivity index (χ4v) is 2.35. The number of thiazole rings is 1. The third kappa shape index (κ3) is 2.85. The minimum absolute atomic E-state index is 0.390. The van der Waals surface area contributed by atoms with Crippen molar-refractivity contribution in [3.63, 3.8) is 0 Å². The Bertz CT molecular complexity index is 572. The molecule has 0 aliphatic carbocycles. The first kappa shape index (κ1) is 13.4. The van der Waals surface area contributed by atoms with E-state index in [4.69, 9.17) is 9.47 Å². The zero-order chi connectivity index (χ0) is 13.8. The summed E-state index contributed by atoms with van der Waals surface area (Å²) in [7, 11) is 4.51. The molecule has 0 aliphatic heterocycles. The van der Waals surface area contributed by atoms with Crippen LogP contribution in [0.3, 0.4) is 0 Å². The van der Waals surface area contributed by atoms with Gasteiger partial charge in [-0.05, 0) is 12.1 Å². The minimum atomic E-state index is -0.390. The van der Waals surface area contributed by atoms with Crippen LogP contribution < -0.4 is 9.47 Å². The van der Waals surface area contributed by atoms with Gasteiger partial charge < -0.3 is 14.2 Å². The van der Waals surface area contributed by atoms with E-state index in [-0.39, 0.29) is 0 Å². The highest BCUT2D eigenvalue weighted by atomic mass is 32.1. The van der Waals surface area contributed by atoms with Crippen molar-refractivity contribution >= 4 is 17.3 Å². The van der Waals surface area contributed by atoms with Gasteiger partial charge in [0, 0.05) is 11.6 Å². The molecule has 1 heterocycles. The number of hydrogen-bond acceptors (Lipinski definition) is 6. The Labute approximate surface area is 114 Å². The Morgan fingerprint density at radius 3 is 2.26 bits per heavy atom. The fraction of sp³-hybridized carbons (Fsp3) is 0.231. The van der Waals surface area contributed by atoms with Crippen molar-refractivity contribution < 1.29 is 19.0 Å². The zero-order valence-electron chi connectivity index (χ0n) is 10.8. The Morgan fingerprint density at radius 1 is 1.11 bits per heavy atom. The van der Waals surface area contributed by atoms with Crippen LogP contribution >= 0.6 is 11.3 Å². The number of carbonyl (C=O) groups excluding carboxylic acids is 1. The first-order valence-electron chi connectivity index (χ1n) is 5.45. The Balaban J connectivity index is 2.40. The summed E-state index contributed by atoms with van der Waals surface area (Å²) in [4.78, 5) is 16.1. The molecule has 0 atom stereocenters. The molecule has 0 aliphatic rings. The summed E-state index contributed by atoms with van der Waals surface area (Å²) in [6.07, 6.45) is 1.50. The normalized spacial score (nSPS) is 10.1. The monoisotopic (exact) mass is 279 g/mol. The number of carbonyl (C=O) groups is 1. The number of aromatic nitrogens is 1. The summed E-state index contributed by atoms with van der Waals surface area (Å²) in [6, 6.07) is 5.45. The molecule has 1 aromatic carbocycles. The van der Waals surface area contributed by atoms with Gasteiger partial charge in [0.15, 0.2) is 0 Å². The largest absolute Gasteiger partial charge is 0.497 e. The predicted molar refractivity (Wildman–Crippen MR) is 72.0 cm³/mol. The molecule has 0 spiro atoms. The van der Waals surface area contributed by atoms with Gasteiger partial charge in [-0.2, -0.15) is 0 Å². The van der Waals surface area contributed by atoms with Crippen LogP contribution in [0.15, 0.2) is 24.4 Å². The van der Waals surface area contributed by atoms with Gasteiger partial charge >= 0.3 is 5.97 Å². The standard InChI is InChI=1S/C13H13NO4S/c1-16-9-4-8(5-10(6-9)17-2)12-14-7-11(19-12)13(15)18-3/h4-7H,1-3H3. The second kappa shape index (κ2) is 5.71. The summed E-state index contributed by atoms with van der Waals surface area (Å²) in [6.45, 7) is 0. The van der Waals surface area contributed by atoms with Crippen LogP contribution in [-0.2, 0) is 4.74 Å². The van der Waals surface area contributed by atoms with Gasteiger partial charge in [0.25, 0.3) is 0 Å². The summed E-state index contributed by atoms with van der Waals surface area (Å²) < 4.78 is 15.1. The molecule has 0 saturated heterocycles. The molecule has 0 fully saturated rings. The van der Waals surface area contributed by atoms with E-state index < -0.39 is 5.97 Å². The summed E-state index contributed by atoms with van der Waals surface area (Å²) in [5.74, 6) is 0.951. The van der Waals surface area contributed by atoms with E-state index in [1.165, 1.54) is 24.6 Å². The van der Waals surface area contributed by atoms with Crippen molar-refractivity contribution in [2.75, 3.05) is 21.3 Å². The number of benzene rings is 1. The van der Waals surface area contributed by atoms with Gasteiger partial charge in [0.1, 0.15) is 21.4 Å². The van der Waals surface area contributed by atoms with Crippen LogP contribution in [-0.4, -0.2) is 32.3 Å². The van der Waals surface area contributed by atoms with Crippen molar-refractivity contribution in [3.8, 4) is 22.1 Å². The number of nitrogens with zero attached hydrogens (tertiary/aromatic N) is 1. The maximum absolute atomic E-state index is 11.4. The molecule has 0 amide bonds. The third-order valence-corrected chi connectivity index (χ3v) is 3.52. The smallest absolute Gasteiger partial charge is 0.349 e. The predicted octanol–water partition coefficient (Wildman–Crippen LogP) is 2.61. The second-order valence-corrected chi connectivity index (χ2v) is 4.65. The molecule has 19 heavy (non-hydrogen) atoms. The average molecular weight is 279 g/mol. The van der Waals surface area contributed by atoms with E-state index in [1.54, 1.807) is 20.3 Å². The molecule has 2 rings (SSSR count). The molecule has 0 unspecified atom stereocenters. The maximum atomic E-state index is 11.4.